The Labute approximate surface area is 116 Å². The van der Waals surface area contributed by atoms with Crippen LogP contribution in [0.25, 0.3) is 0 Å². The molecule has 19 heavy (non-hydrogen) atoms. The van der Waals surface area contributed by atoms with Gasteiger partial charge in [-0.25, -0.2) is 0 Å². The number of carbonyl (C=O) groups is 1. The smallest absolute Gasteiger partial charge is 0.309 e. The lowest BCUT2D eigenvalue weighted by atomic mass is 10.1. The summed E-state index contributed by atoms with van der Waals surface area (Å²) in [6.45, 7) is 6.04. The maximum atomic E-state index is 11.9. The molecule has 2 aromatic heterocycles. The molecule has 0 saturated heterocycles. The molecule has 0 aromatic carbocycles. The van der Waals surface area contributed by atoms with Crippen LogP contribution in [0.15, 0.2) is 21.9 Å². The summed E-state index contributed by atoms with van der Waals surface area (Å²) in [7, 11) is 0. The third kappa shape index (κ3) is 3.64. The first kappa shape index (κ1) is 13.7. The van der Waals surface area contributed by atoms with Gasteiger partial charge in [-0.1, -0.05) is 19.9 Å². The number of thiophene rings is 1. The van der Waals surface area contributed by atoms with Gasteiger partial charge in [0.1, 0.15) is 0 Å². The summed E-state index contributed by atoms with van der Waals surface area (Å²) >= 11 is 1.60. The molecule has 6 heteroatoms. The van der Waals surface area contributed by atoms with Gasteiger partial charge in [0.2, 0.25) is 5.89 Å². The van der Waals surface area contributed by atoms with Crippen molar-refractivity contribution in [3.63, 3.8) is 0 Å². The summed E-state index contributed by atoms with van der Waals surface area (Å²) in [4.78, 5) is 13.0. The fourth-order valence-corrected chi connectivity index (χ4v) is 2.38. The predicted molar refractivity (Wildman–Crippen MR) is 73.0 cm³/mol. The Hall–Kier alpha value is -1.69. The fourth-order valence-electron chi connectivity index (χ4n) is 1.64. The van der Waals surface area contributed by atoms with Crippen LogP contribution in [-0.4, -0.2) is 16.1 Å². The van der Waals surface area contributed by atoms with Crippen LogP contribution in [0, 0.1) is 5.92 Å². The van der Waals surface area contributed by atoms with Gasteiger partial charge in [0, 0.05) is 11.3 Å². The highest BCUT2D eigenvalue weighted by molar-refractivity contribution is 7.10. The van der Waals surface area contributed by atoms with Gasteiger partial charge in [-0.15, -0.1) is 21.5 Å². The molecule has 1 N–H and O–H groups in total. The van der Waals surface area contributed by atoms with E-state index < -0.39 is 0 Å². The standard InChI is InChI=1S/C13H17N3O2S/c1-8(2)7-11-15-16-13(18-11)12(17)14-9(3)10-5-4-6-19-10/h4-6,8-9H,7H2,1-3H3,(H,14,17)/t9-/m1/s1. The molecule has 0 fully saturated rings. The number of hydrogen-bond donors (Lipinski definition) is 1. The molecule has 2 rings (SSSR count). The number of hydrogen-bond acceptors (Lipinski definition) is 5. The molecule has 1 atom stereocenters. The van der Waals surface area contributed by atoms with E-state index in [1.54, 1.807) is 11.3 Å². The van der Waals surface area contributed by atoms with Crippen molar-refractivity contribution in [2.75, 3.05) is 0 Å². The van der Waals surface area contributed by atoms with Crippen molar-refractivity contribution >= 4 is 17.2 Å². The number of carbonyl (C=O) groups excluding carboxylic acids is 1. The minimum atomic E-state index is -0.330. The molecule has 0 aliphatic rings. The topological polar surface area (TPSA) is 68.0 Å². The summed E-state index contributed by atoms with van der Waals surface area (Å²) in [5.41, 5.74) is 0. The third-order valence-corrected chi connectivity index (χ3v) is 3.62. The zero-order valence-corrected chi connectivity index (χ0v) is 12.0. The molecular formula is C13H17N3O2S. The highest BCUT2D eigenvalue weighted by Gasteiger charge is 2.18. The fraction of sp³-hybridized carbons (Fsp3) is 0.462. The predicted octanol–water partition coefficient (Wildman–Crippen LogP) is 2.82. The largest absolute Gasteiger partial charge is 0.417 e. The van der Waals surface area contributed by atoms with Crippen LogP contribution >= 0.6 is 11.3 Å². The summed E-state index contributed by atoms with van der Waals surface area (Å²) < 4.78 is 5.34. The molecule has 2 aromatic rings. The van der Waals surface area contributed by atoms with E-state index in [4.69, 9.17) is 4.42 Å². The maximum Gasteiger partial charge on any atom is 0.309 e. The second-order valence-corrected chi connectivity index (χ2v) is 5.79. The SMILES string of the molecule is CC(C)Cc1nnc(C(=O)N[C@H](C)c2cccs2)o1. The van der Waals surface area contributed by atoms with Gasteiger partial charge < -0.3 is 9.73 Å². The van der Waals surface area contributed by atoms with Gasteiger partial charge in [-0.3, -0.25) is 4.79 Å². The van der Waals surface area contributed by atoms with Crippen LogP contribution in [0.5, 0.6) is 0 Å². The molecule has 2 heterocycles. The van der Waals surface area contributed by atoms with Crippen LogP contribution in [0.1, 0.15) is 48.3 Å². The molecule has 0 unspecified atom stereocenters. The zero-order chi connectivity index (χ0) is 13.8. The van der Waals surface area contributed by atoms with Gasteiger partial charge in [-0.05, 0) is 24.3 Å². The number of amides is 1. The lowest BCUT2D eigenvalue weighted by Gasteiger charge is -2.09. The zero-order valence-electron chi connectivity index (χ0n) is 11.2. The first-order valence-electron chi connectivity index (χ1n) is 6.23. The Balaban J connectivity index is 1.98. The quantitative estimate of drug-likeness (QED) is 0.913. The second kappa shape index (κ2) is 5.97. The van der Waals surface area contributed by atoms with E-state index >= 15 is 0 Å². The van der Waals surface area contributed by atoms with Crippen molar-refractivity contribution in [2.45, 2.75) is 33.2 Å². The van der Waals surface area contributed by atoms with E-state index in [1.807, 2.05) is 24.4 Å². The summed E-state index contributed by atoms with van der Waals surface area (Å²) in [6.07, 6.45) is 0.681. The van der Waals surface area contributed by atoms with Gasteiger partial charge in [0.25, 0.3) is 0 Å². The second-order valence-electron chi connectivity index (χ2n) is 4.81. The molecule has 0 saturated carbocycles. The summed E-state index contributed by atoms with van der Waals surface area (Å²) in [5, 5.41) is 12.5. The van der Waals surface area contributed by atoms with Gasteiger partial charge in [-0.2, -0.15) is 0 Å². The van der Waals surface area contributed by atoms with E-state index in [1.165, 1.54) is 0 Å². The monoisotopic (exact) mass is 279 g/mol. The molecular weight excluding hydrogens is 262 g/mol. The number of nitrogens with one attached hydrogen (secondary N) is 1. The van der Waals surface area contributed by atoms with Crippen molar-refractivity contribution in [3.8, 4) is 0 Å². The van der Waals surface area contributed by atoms with Gasteiger partial charge >= 0.3 is 11.8 Å². The minimum Gasteiger partial charge on any atom is -0.417 e. The number of aromatic nitrogens is 2. The molecule has 5 nitrogen and oxygen atoms in total. The lowest BCUT2D eigenvalue weighted by Crippen LogP contribution is -2.26. The highest BCUT2D eigenvalue weighted by Crippen LogP contribution is 2.18. The van der Waals surface area contributed by atoms with Crippen LogP contribution in [-0.2, 0) is 6.42 Å². The van der Waals surface area contributed by atoms with Crippen LogP contribution in [0.3, 0.4) is 0 Å². The van der Waals surface area contributed by atoms with Crippen molar-refractivity contribution in [3.05, 3.63) is 34.2 Å². The van der Waals surface area contributed by atoms with E-state index in [9.17, 15) is 4.79 Å². The first-order valence-corrected chi connectivity index (χ1v) is 7.11. The summed E-state index contributed by atoms with van der Waals surface area (Å²) in [6, 6.07) is 3.87. The Morgan fingerprint density at radius 3 is 2.84 bits per heavy atom. The average molecular weight is 279 g/mol. The van der Waals surface area contributed by atoms with Crippen molar-refractivity contribution in [1.82, 2.24) is 15.5 Å². The third-order valence-electron chi connectivity index (χ3n) is 2.56. The van der Waals surface area contributed by atoms with Crippen LogP contribution in [0.4, 0.5) is 0 Å². The van der Waals surface area contributed by atoms with E-state index in [-0.39, 0.29) is 17.8 Å². The highest BCUT2D eigenvalue weighted by atomic mass is 32.1. The van der Waals surface area contributed by atoms with Crippen molar-refractivity contribution in [1.29, 1.82) is 0 Å². The average Bonchev–Trinajstić information content (AvgIpc) is 2.97. The van der Waals surface area contributed by atoms with E-state index in [2.05, 4.69) is 29.4 Å². The molecule has 102 valence electrons. The molecule has 0 bridgehead atoms. The van der Waals surface area contributed by atoms with Crippen molar-refractivity contribution < 1.29 is 9.21 Å². The Bertz CT molecular complexity index is 534. The van der Waals surface area contributed by atoms with E-state index in [0.29, 0.717) is 18.2 Å². The van der Waals surface area contributed by atoms with Crippen molar-refractivity contribution in [2.24, 2.45) is 5.92 Å². The molecule has 1 amide bonds. The van der Waals surface area contributed by atoms with Gasteiger partial charge in [0.05, 0.1) is 6.04 Å². The summed E-state index contributed by atoms with van der Waals surface area (Å²) in [5.74, 6) is 0.618. The Morgan fingerprint density at radius 2 is 2.21 bits per heavy atom. The maximum absolute atomic E-state index is 11.9. The molecule has 0 radical (unpaired) electrons. The minimum absolute atomic E-state index is 0.0269. The van der Waals surface area contributed by atoms with Crippen LogP contribution < -0.4 is 5.32 Å². The first-order chi connectivity index (χ1) is 9.06. The Morgan fingerprint density at radius 1 is 1.42 bits per heavy atom. The lowest BCUT2D eigenvalue weighted by molar-refractivity contribution is 0.0903. The normalized spacial score (nSPS) is 12.6. The van der Waals surface area contributed by atoms with E-state index in [0.717, 1.165) is 4.88 Å². The molecule has 0 spiro atoms. The molecule has 0 aliphatic heterocycles. The van der Waals surface area contributed by atoms with Crippen LogP contribution in [0.2, 0.25) is 0 Å². The molecule has 0 aliphatic carbocycles. The van der Waals surface area contributed by atoms with Gasteiger partial charge in [0.15, 0.2) is 0 Å². The number of rotatable bonds is 5. The number of nitrogens with zero attached hydrogens (tertiary/aromatic N) is 2. The Kier molecular flexibility index (Phi) is 4.31.